The Morgan fingerprint density at radius 1 is 1.29 bits per heavy atom. The largest absolute Gasteiger partial charge is 0.444 e. The highest BCUT2D eigenvalue weighted by Gasteiger charge is 2.04. The zero-order valence-electron chi connectivity index (χ0n) is 9.83. The first kappa shape index (κ1) is 11.7. The minimum Gasteiger partial charge on any atom is -0.444 e. The molecule has 0 radical (unpaired) electrons. The summed E-state index contributed by atoms with van der Waals surface area (Å²) in [6.07, 6.45) is 2.81. The third-order valence-corrected chi connectivity index (χ3v) is 2.44. The lowest BCUT2D eigenvalue weighted by atomic mass is 10.3. The lowest BCUT2D eigenvalue weighted by molar-refractivity contribution is 0.448. The van der Waals surface area contributed by atoms with E-state index in [-0.39, 0.29) is 5.82 Å². The summed E-state index contributed by atoms with van der Waals surface area (Å²) in [5, 5.41) is 3.12. The minimum atomic E-state index is -0.327. The van der Waals surface area contributed by atoms with Crippen molar-refractivity contribution in [2.24, 2.45) is 0 Å². The van der Waals surface area contributed by atoms with E-state index in [2.05, 4.69) is 15.3 Å². The third kappa shape index (κ3) is 3.10. The zero-order valence-corrected chi connectivity index (χ0v) is 9.83. The van der Waals surface area contributed by atoms with Gasteiger partial charge in [-0.2, -0.15) is 0 Å². The van der Waals surface area contributed by atoms with Crippen LogP contribution >= 0.6 is 0 Å². The summed E-state index contributed by atoms with van der Waals surface area (Å²) in [5.74, 6) is 1.14. The predicted molar refractivity (Wildman–Crippen MR) is 60.7 cm³/mol. The molecule has 0 spiro atoms. The van der Waals surface area contributed by atoms with E-state index in [9.17, 15) is 4.39 Å². The summed E-state index contributed by atoms with van der Waals surface area (Å²) < 4.78 is 18.3. The first-order chi connectivity index (χ1) is 8.15. The van der Waals surface area contributed by atoms with E-state index in [1.165, 1.54) is 12.3 Å². The average Bonchev–Trinajstić information content (AvgIpc) is 2.58. The van der Waals surface area contributed by atoms with Gasteiger partial charge in [-0.1, -0.05) is 0 Å². The number of halogens is 1. The molecule has 5 heteroatoms. The first-order valence-electron chi connectivity index (χ1n) is 5.38. The Hall–Kier alpha value is -1.75. The number of hydrogen-bond donors (Lipinski definition) is 1. The Morgan fingerprint density at radius 3 is 2.76 bits per heavy atom. The number of pyridine rings is 1. The van der Waals surface area contributed by atoms with Crippen molar-refractivity contribution in [1.29, 1.82) is 0 Å². The maximum atomic E-state index is 12.9. The average molecular weight is 235 g/mol. The second kappa shape index (κ2) is 5.05. The highest BCUT2D eigenvalue weighted by molar-refractivity contribution is 5.10. The molecule has 4 nitrogen and oxygen atoms in total. The van der Waals surface area contributed by atoms with Crippen molar-refractivity contribution >= 4 is 0 Å². The Bertz CT molecular complexity index is 491. The van der Waals surface area contributed by atoms with Gasteiger partial charge in [-0.05, 0) is 25.5 Å². The summed E-state index contributed by atoms with van der Waals surface area (Å²) in [5.41, 5.74) is 1.69. The van der Waals surface area contributed by atoms with E-state index < -0.39 is 0 Å². The van der Waals surface area contributed by atoms with Crippen LogP contribution < -0.4 is 5.32 Å². The van der Waals surface area contributed by atoms with Gasteiger partial charge in [0.15, 0.2) is 0 Å². The Kier molecular flexibility index (Phi) is 3.49. The Labute approximate surface area is 98.9 Å². The highest BCUT2D eigenvalue weighted by atomic mass is 19.1. The van der Waals surface area contributed by atoms with E-state index >= 15 is 0 Å². The number of nitrogens with zero attached hydrogens (tertiary/aromatic N) is 2. The molecule has 0 saturated heterocycles. The van der Waals surface area contributed by atoms with Gasteiger partial charge < -0.3 is 9.73 Å². The second-order valence-corrected chi connectivity index (χ2v) is 3.86. The molecule has 2 aromatic heterocycles. The molecule has 0 aliphatic heterocycles. The maximum absolute atomic E-state index is 12.9. The molecule has 0 saturated carbocycles. The molecule has 0 atom stereocenters. The van der Waals surface area contributed by atoms with Crippen LogP contribution in [0.1, 0.15) is 22.9 Å². The number of rotatable bonds is 4. The molecule has 17 heavy (non-hydrogen) atoms. The van der Waals surface area contributed by atoms with Crippen LogP contribution in [0.4, 0.5) is 4.39 Å². The first-order valence-corrected chi connectivity index (χ1v) is 5.38. The van der Waals surface area contributed by atoms with Gasteiger partial charge in [0.2, 0.25) is 5.89 Å². The Balaban J connectivity index is 1.87. The summed E-state index contributed by atoms with van der Waals surface area (Å²) in [6, 6.07) is 1.45. The van der Waals surface area contributed by atoms with Crippen molar-refractivity contribution < 1.29 is 8.81 Å². The highest BCUT2D eigenvalue weighted by Crippen LogP contribution is 2.08. The maximum Gasteiger partial charge on any atom is 0.208 e. The van der Waals surface area contributed by atoms with Crippen LogP contribution in [0.25, 0.3) is 0 Å². The third-order valence-electron chi connectivity index (χ3n) is 2.44. The van der Waals surface area contributed by atoms with Crippen LogP contribution in [0.3, 0.4) is 0 Å². The summed E-state index contributed by atoms with van der Waals surface area (Å²) in [6.45, 7) is 4.83. The van der Waals surface area contributed by atoms with Gasteiger partial charge in [-0.25, -0.2) is 9.37 Å². The molecule has 2 heterocycles. The molecule has 2 aromatic rings. The number of aryl methyl sites for hydroxylation is 2. The molecule has 0 fully saturated rings. The predicted octanol–water partition coefficient (Wildman–Crippen LogP) is 2.12. The van der Waals surface area contributed by atoms with Crippen LogP contribution in [0.15, 0.2) is 22.9 Å². The zero-order chi connectivity index (χ0) is 12.3. The molecular formula is C12H14FN3O. The molecule has 0 bridgehead atoms. The van der Waals surface area contributed by atoms with Gasteiger partial charge in [-0.3, -0.25) is 4.98 Å². The van der Waals surface area contributed by atoms with Crippen LogP contribution in [-0.4, -0.2) is 9.97 Å². The Morgan fingerprint density at radius 2 is 2.12 bits per heavy atom. The number of hydrogen-bond acceptors (Lipinski definition) is 4. The van der Waals surface area contributed by atoms with Gasteiger partial charge in [-0.15, -0.1) is 0 Å². The molecule has 2 rings (SSSR count). The quantitative estimate of drug-likeness (QED) is 0.881. The smallest absolute Gasteiger partial charge is 0.208 e. The number of nitrogens with one attached hydrogen (secondary N) is 1. The van der Waals surface area contributed by atoms with Gasteiger partial charge in [0.25, 0.3) is 0 Å². The van der Waals surface area contributed by atoms with Crippen molar-refractivity contribution in [3.8, 4) is 0 Å². The van der Waals surface area contributed by atoms with E-state index in [4.69, 9.17) is 4.42 Å². The summed E-state index contributed by atoms with van der Waals surface area (Å²) >= 11 is 0. The monoisotopic (exact) mass is 235 g/mol. The summed E-state index contributed by atoms with van der Waals surface area (Å²) in [4.78, 5) is 8.01. The minimum absolute atomic E-state index is 0.327. The fraction of sp³-hybridized carbons (Fsp3) is 0.333. The number of oxazole rings is 1. The molecule has 0 unspecified atom stereocenters. The van der Waals surface area contributed by atoms with E-state index in [1.54, 1.807) is 6.20 Å². The normalized spacial score (nSPS) is 10.8. The van der Waals surface area contributed by atoms with E-state index in [0.29, 0.717) is 19.0 Å². The standard InChI is InChI=1S/C12H14FN3O/c1-8-9(2)17-12(16-8)7-15-5-10-3-11(13)6-14-4-10/h3-4,6,15H,5,7H2,1-2H3. The van der Waals surface area contributed by atoms with Gasteiger partial charge in [0, 0.05) is 12.7 Å². The lowest BCUT2D eigenvalue weighted by Crippen LogP contribution is -2.13. The molecule has 1 N–H and O–H groups in total. The SMILES string of the molecule is Cc1nc(CNCc2cncc(F)c2)oc1C. The lowest BCUT2D eigenvalue weighted by Gasteiger charge is -2.01. The molecule has 0 aliphatic carbocycles. The van der Waals surface area contributed by atoms with E-state index in [0.717, 1.165) is 17.0 Å². The fourth-order valence-corrected chi connectivity index (χ4v) is 1.48. The van der Waals surface area contributed by atoms with Crippen molar-refractivity contribution in [3.05, 3.63) is 47.2 Å². The van der Waals surface area contributed by atoms with Crippen LogP contribution in [0.2, 0.25) is 0 Å². The van der Waals surface area contributed by atoms with Crippen LogP contribution in [0.5, 0.6) is 0 Å². The van der Waals surface area contributed by atoms with E-state index in [1.807, 2.05) is 13.8 Å². The molecule has 0 aliphatic rings. The van der Waals surface area contributed by atoms with Gasteiger partial charge >= 0.3 is 0 Å². The van der Waals surface area contributed by atoms with Crippen molar-refractivity contribution in [2.75, 3.05) is 0 Å². The van der Waals surface area contributed by atoms with Crippen LogP contribution in [0, 0.1) is 19.7 Å². The molecule has 0 amide bonds. The summed E-state index contributed by atoms with van der Waals surface area (Å²) in [7, 11) is 0. The molecule has 0 aromatic carbocycles. The molecule has 90 valence electrons. The number of aromatic nitrogens is 2. The van der Waals surface area contributed by atoms with Crippen molar-refractivity contribution in [2.45, 2.75) is 26.9 Å². The topological polar surface area (TPSA) is 51.0 Å². The van der Waals surface area contributed by atoms with Crippen molar-refractivity contribution in [3.63, 3.8) is 0 Å². The van der Waals surface area contributed by atoms with Crippen molar-refractivity contribution in [1.82, 2.24) is 15.3 Å². The van der Waals surface area contributed by atoms with Gasteiger partial charge in [0.1, 0.15) is 11.6 Å². The second-order valence-electron chi connectivity index (χ2n) is 3.86. The fourth-order valence-electron chi connectivity index (χ4n) is 1.48. The van der Waals surface area contributed by atoms with Gasteiger partial charge in [0.05, 0.1) is 18.4 Å². The van der Waals surface area contributed by atoms with Crippen LogP contribution in [-0.2, 0) is 13.1 Å². The molecular weight excluding hydrogens is 221 g/mol.